The first-order valence-corrected chi connectivity index (χ1v) is 6.21. The number of nitrogens with one attached hydrogen (secondary N) is 1. The van der Waals surface area contributed by atoms with Crippen LogP contribution < -0.4 is 5.32 Å². The van der Waals surface area contributed by atoms with Gasteiger partial charge in [0, 0.05) is 25.4 Å². The number of carboxylic acids is 1. The minimum Gasteiger partial charge on any atom is -0.481 e. The zero-order valence-corrected chi connectivity index (χ0v) is 10.8. The number of hydrogen-bond donors (Lipinski definition) is 2. The van der Waals surface area contributed by atoms with Crippen molar-refractivity contribution in [3.63, 3.8) is 0 Å². The average Bonchev–Trinajstić information content (AvgIpc) is 3.06. The summed E-state index contributed by atoms with van der Waals surface area (Å²) in [6.07, 6.45) is 3.89. The summed E-state index contributed by atoms with van der Waals surface area (Å²) in [5, 5.41) is 15.1. The second kappa shape index (κ2) is 6.55. The highest BCUT2D eigenvalue weighted by Gasteiger charge is 2.11. The SMILES string of the molecule is O=C(O)CCCNC(=O)c1ccc(Cn2cccn2)o1. The highest BCUT2D eigenvalue weighted by molar-refractivity contribution is 5.91. The Labute approximate surface area is 115 Å². The van der Waals surface area contributed by atoms with Crippen LogP contribution >= 0.6 is 0 Å². The third-order valence-electron chi connectivity index (χ3n) is 2.62. The van der Waals surface area contributed by atoms with Gasteiger partial charge in [-0.05, 0) is 24.6 Å². The molecule has 0 aliphatic heterocycles. The third-order valence-corrected chi connectivity index (χ3v) is 2.62. The number of carbonyl (C=O) groups excluding carboxylic acids is 1. The van der Waals surface area contributed by atoms with Crippen molar-refractivity contribution < 1.29 is 19.1 Å². The van der Waals surface area contributed by atoms with E-state index in [0.717, 1.165) is 0 Å². The summed E-state index contributed by atoms with van der Waals surface area (Å²) in [6.45, 7) is 0.764. The number of hydrogen-bond acceptors (Lipinski definition) is 4. The molecule has 0 spiro atoms. The smallest absolute Gasteiger partial charge is 0.303 e. The maximum absolute atomic E-state index is 11.7. The Kier molecular flexibility index (Phi) is 4.54. The fraction of sp³-hybridized carbons (Fsp3) is 0.308. The molecular weight excluding hydrogens is 262 g/mol. The van der Waals surface area contributed by atoms with Crippen molar-refractivity contribution in [1.29, 1.82) is 0 Å². The molecule has 2 aromatic heterocycles. The Hall–Kier alpha value is -2.57. The molecule has 0 saturated carbocycles. The van der Waals surface area contributed by atoms with Crippen molar-refractivity contribution in [2.24, 2.45) is 0 Å². The lowest BCUT2D eigenvalue weighted by atomic mass is 10.3. The second-order valence-corrected chi connectivity index (χ2v) is 4.22. The molecule has 20 heavy (non-hydrogen) atoms. The number of nitrogens with zero attached hydrogens (tertiary/aromatic N) is 2. The first-order valence-electron chi connectivity index (χ1n) is 6.21. The van der Waals surface area contributed by atoms with Gasteiger partial charge in [-0.15, -0.1) is 0 Å². The maximum Gasteiger partial charge on any atom is 0.303 e. The van der Waals surface area contributed by atoms with E-state index in [1.165, 1.54) is 0 Å². The van der Waals surface area contributed by atoms with Crippen molar-refractivity contribution in [3.8, 4) is 0 Å². The standard InChI is InChI=1S/C13H15N3O4/c17-12(18)3-1-6-14-13(19)11-5-4-10(20-11)9-16-8-2-7-15-16/h2,4-5,7-8H,1,3,6,9H2,(H,14,19)(H,17,18). The molecule has 0 unspecified atom stereocenters. The molecule has 2 aromatic rings. The van der Waals surface area contributed by atoms with E-state index in [1.54, 1.807) is 35.3 Å². The van der Waals surface area contributed by atoms with E-state index in [0.29, 0.717) is 25.3 Å². The molecular formula is C13H15N3O4. The number of carbonyl (C=O) groups is 2. The lowest BCUT2D eigenvalue weighted by molar-refractivity contribution is -0.137. The number of carboxylic acid groups (broad SMARTS) is 1. The Balaban J connectivity index is 1.82. The predicted octanol–water partition coefficient (Wildman–Crippen LogP) is 1.12. The minimum atomic E-state index is -0.876. The normalized spacial score (nSPS) is 10.4. The molecule has 7 heteroatoms. The minimum absolute atomic E-state index is 0.0307. The highest BCUT2D eigenvalue weighted by atomic mass is 16.4. The molecule has 106 valence electrons. The zero-order valence-electron chi connectivity index (χ0n) is 10.8. The Morgan fingerprint density at radius 1 is 1.40 bits per heavy atom. The van der Waals surface area contributed by atoms with Gasteiger partial charge in [0.05, 0.1) is 6.54 Å². The van der Waals surface area contributed by atoms with Gasteiger partial charge in [0.15, 0.2) is 5.76 Å². The fourth-order valence-corrected chi connectivity index (χ4v) is 1.67. The van der Waals surface area contributed by atoms with Crippen LogP contribution in [0.4, 0.5) is 0 Å². The molecule has 1 amide bonds. The molecule has 2 N–H and O–H groups in total. The van der Waals surface area contributed by atoms with Crippen molar-refractivity contribution in [1.82, 2.24) is 15.1 Å². The van der Waals surface area contributed by atoms with Gasteiger partial charge in [0.1, 0.15) is 5.76 Å². The van der Waals surface area contributed by atoms with E-state index in [2.05, 4.69) is 10.4 Å². The van der Waals surface area contributed by atoms with Crippen LogP contribution in [0.5, 0.6) is 0 Å². The summed E-state index contributed by atoms with van der Waals surface area (Å²) in [4.78, 5) is 22.1. The van der Waals surface area contributed by atoms with Gasteiger partial charge in [0.25, 0.3) is 5.91 Å². The number of amides is 1. The molecule has 2 heterocycles. The average molecular weight is 277 g/mol. The largest absolute Gasteiger partial charge is 0.481 e. The molecule has 0 bridgehead atoms. The van der Waals surface area contributed by atoms with Crippen molar-refractivity contribution in [3.05, 3.63) is 42.1 Å². The lowest BCUT2D eigenvalue weighted by Gasteiger charge is -2.01. The summed E-state index contributed by atoms with van der Waals surface area (Å²) in [5.41, 5.74) is 0. The highest BCUT2D eigenvalue weighted by Crippen LogP contribution is 2.09. The Morgan fingerprint density at radius 2 is 2.25 bits per heavy atom. The van der Waals surface area contributed by atoms with Crippen molar-refractivity contribution in [2.75, 3.05) is 6.54 Å². The van der Waals surface area contributed by atoms with Crippen molar-refractivity contribution >= 4 is 11.9 Å². The molecule has 0 atom stereocenters. The number of furan rings is 1. The van der Waals surface area contributed by atoms with E-state index >= 15 is 0 Å². The summed E-state index contributed by atoms with van der Waals surface area (Å²) in [6, 6.07) is 5.11. The van der Waals surface area contributed by atoms with Gasteiger partial charge in [-0.25, -0.2) is 0 Å². The summed E-state index contributed by atoms with van der Waals surface area (Å²) in [5.74, 6) is -0.382. The van der Waals surface area contributed by atoms with Gasteiger partial charge < -0.3 is 14.8 Å². The molecule has 0 aromatic carbocycles. The van der Waals surface area contributed by atoms with Crippen LogP contribution in [-0.2, 0) is 11.3 Å². The van der Waals surface area contributed by atoms with Crippen LogP contribution in [0.3, 0.4) is 0 Å². The van der Waals surface area contributed by atoms with Crippen LogP contribution in [-0.4, -0.2) is 33.3 Å². The summed E-state index contributed by atoms with van der Waals surface area (Å²) in [7, 11) is 0. The maximum atomic E-state index is 11.7. The van der Waals surface area contributed by atoms with Gasteiger partial charge in [-0.3, -0.25) is 14.3 Å². The monoisotopic (exact) mass is 277 g/mol. The quantitative estimate of drug-likeness (QED) is 0.739. The summed E-state index contributed by atoms with van der Waals surface area (Å²) < 4.78 is 7.10. The first kappa shape index (κ1) is 13.9. The Bertz CT molecular complexity index is 574. The number of aromatic nitrogens is 2. The summed E-state index contributed by atoms with van der Waals surface area (Å²) >= 11 is 0. The molecule has 0 fully saturated rings. The Morgan fingerprint density at radius 3 is 2.95 bits per heavy atom. The molecule has 0 radical (unpaired) electrons. The molecule has 2 rings (SSSR count). The van der Waals surface area contributed by atoms with Crippen LogP contribution in [0.25, 0.3) is 0 Å². The van der Waals surface area contributed by atoms with E-state index < -0.39 is 5.97 Å². The van der Waals surface area contributed by atoms with Crippen LogP contribution in [0.15, 0.2) is 35.0 Å². The van der Waals surface area contributed by atoms with E-state index in [9.17, 15) is 9.59 Å². The van der Waals surface area contributed by atoms with Gasteiger partial charge in [0.2, 0.25) is 0 Å². The molecule has 7 nitrogen and oxygen atoms in total. The predicted molar refractivity (Wildman–Crippen MR) is 69.2 cm³/mol. The third kappa shape index (κ3) is 3.98. The number of rotatable bonds is 7. The first-order chi connectivity index (χ1) is 9.65. The second-order valence-electron chi connectivity index (χ2n) is 4.22. The van der Waals surface area contributed by atoms with Gasteiger partial charge in [-0.2, -0.15) is 5.10 Å². The fourth-order valence-electron chi connectivity index (χ4n) is 1.67. The molecule has 0 saturated heterocycles. The van der Waals surface area contributed by atoms with Crippen molar-refractivity contribution in [2.45, 2.75) is 19.4 Å². The number of aliphatic carboxylic acids is 1. The van der Waals surface area contributed by atoms with Crippen LogP contribution in [0.2, 0.25) is 0 Å². The van der Waals surface area contributed by atoms with Crippen LogP contribution in [0, 0.1) is 0 Å². The van der Waals surface area contributed by atoms with Gasteiger partial charge in [-0.1, -0.05) is 0 Å². The van der Waals surface area contributed by atoms with E-state index in [4.69, 9.17) is 9.52 Å². The topological polar surface area (TPSA) is 97.4 Å². The molecule has 0 aliphatic carbocycles. The van der Waals surface area contributed by atoms with E-state index in [-0.39, 0.29) is 18.1 Å². The zero-order chi connectivity index (χ0) is 14.4. The van der Waals surface area contributed by atoms with Crippen LogP contribution in [0.1, 0.15) is 29.2 Å². The van der Waals surface area contributed by atoms with Gasteiger partial charge >= 0.3 is 5.97 Å². The lowest BCUT2D eigenvalue weighted by Crippen LogP contribution is -2.24. The molecule has 0 aliphatic rings. The van der Waals surface area contributed by atoms with E-state index in [1.807, 2.05) is 0 Å².